The molecule has 2 fully saturated rings. The van der Waals surface area contributed by atoms with E-state index in [4.69, 9.17) is 10.4 Å². The Hall–Kier alpha value is -1.04. The van der Waals surface area contributed by atoms with Crippen LogP contribution in [-0.4, -0.2) is 11.1 Å². The standard InChI is InChI=1S/C9H11NO2/c10-4-8-5-1-2-6(8)7(3-5)9(11)12/h5-8H,1-3H2,(H,11,12). The summed E-state index contributed by atoms with van der Waals surface area (Å²) in [5.74, 6) is -0.374. The first kappa shape index (κ1) is 7.60. The molecule has 2 saturated carbocycles. The molecule has 2 bridgehead atoms. The summed E-state index contributed by atoms with van der Waals surface area (Å²) < 4.78 is 0. The second-order valence-electron chi connectivity index (χ2n) is 3.84. The molecule has 0 heterocycles. The van der Waals surface area contributed by atoms with Gasteiger partial charge >= 0.3 is 5.97 Å². The summed E-state index contributed by atoms with van der Waals surface area (Å²) in [6.45, 7) is 0. The Morgan fingerprint density at radius 1 is 1.50 bits per heavy atom. The molecule has 64 valence electrons. The van der Waals surface area contributed by atoms with Crippen LogP contribution in [0.1, 0.15) is 19.3 Å². The van der Waals surface area contributed by atoms with Crippen molar-refractivity contribution in [3.63, 3.8) is 0 Å². The van der Waals surface area contributed by atoms with E-state index in [-0.39, 0.29) is 17.8 Å². The molecule has 3 heteroatoms. The van der Waals surface area contributed by atoms with Gasteiger partial charge in [-0.05, 0) is 31.1 Å². The smallest absolute Gasteiger partial charge is 0.306 e. The minimum atomic E-state index is -0.706. The van der Waals surface area contributed by atoms with Gasteiger partial charge in [0.25, 0.3) is 0 Å². The van der Waals surface area contributed by atoms with Crippen molar-refractivity contribution in [2.24, 2.45) is 23.7 Å². The van der Waals surface area contributed by atoms with E-state index in [1.54, 1.807) is 0 Å². The van der Waals surface area contributed by atoms with Gasteiger partial charge in [0, 0.05) is 0 Å². The van der Waals surface area contributed by atoms with Gasteiger partial charge in [-0.1, -0.05) is 0 Å². The number of hydrogen-bond acceptors (Lipinski definition) is 2. The predicted molar refractivity (Wildman–Crippen MR) is 41.1 cm³/mol. The first-order chi connectivity index (χ1) is 5.74. The van der Waals surface area contributed by atoms with Crippen molar-refractivity contribution >= 4 is 5.97 Å². The van der Waals surface area contributed by atoms with Gasteiger partial charge < -0.3 is 5.11 Å². The fourth-order valence-electron chi connectivity index (χ4n) is 2.82. The molecule has 1 N–H and O–H groups in total. The first-order valence-corrected chi connectivity index (χ1v) is 4.36. The SMILES string of the molecule is N#CC1C2CCC1C(C(=O)O)C2. The lowest BCUT2D eigenvalue weighted by atomic mass is 9.88. The average molecular weight is 165 g/mol. The first-order valence-electron chi connectivity index (χ1n) is 4.36. The van der Waals surface area contributed by atoms with Crippen molar-refractivity contribution in [2.45, 2.75) is 19.3 Å². The maximum Gasteiger partial charge on any atom is 0.306 e. The Bertz CT molecular complexity index is 256. The normalized spacial score (nSPS) is 44.2. The highest BCUT2D eigenvalue weighted by atomic mass is 16.4. The van der Waals surface area contributed by atoms with E-state index in [9.17, 15) is 4.79 Å². The lowest BCUT2D eigenvalue weighted by molar-refractivity contribution is -0.143. The van der Waals surface area contributed by atoms with E-state index in [0.717, 1.165) is 19.3 Å². The molecule has 0 spiro atoms. The van der Waals surface area contributed by atoms with E-state index >= 15 is 0 Å². The lowest BCUT2D eigenvalue weighted by Gasteiger charge is -2.16. The van der Waals surface area contributed by atoms with E-state index in [1.165, 1.54) is 0 Å². The monoisotopic (exact) mass is 165 g/mol. The zero-order valence-electron chi connectivity index (χ0n) is 6.73. The highest BCUT2D eigenvalue weighted by Crippen LogP contribution is 2.52. The number of nitriles is 1. The molecule has 2 aliphatic carbocycles. The van der Waals surface area contributed by atoms with E-state index in [0.29, 0.717) is 5.92 Å². The number of hydrogen-bond donors (Lipinski definition) is 1. The number of fused-ring (bicyclic) bond motifs is 2. The van der Waals surface area contributed by atoms with Gasteiger partial charge in [0.05, 0.1) is 17.9 Å². The van der Waals surface area contributed by atoms with Crippen LogP contribution in [0, 0.1) is 35.0 Å². The summed E-state index contributed by atoms with van der Waals surface area (Å²) in [5.41, 5.74) is 0. The zero-order valence-corrected chi connectivity index (χ0v) is 6.73. The van der Waals surface area contributed by atoms with E-state index < -0.39 is 5.97 Å². The van der Waals surface area contributed by atoms with Crippen molar-refractivity contribution in [2.75, 3.05) is 0 Å². The van der Waals surface area contributed by atoms with Crippen molar-refractivity contribution in [1.82, 2.24) is 0 Å². The third kappa shape index (κ3) is 0.842. The Morgan fingerprint density at radius 3 is 2.67 bits per heavy atom. The van der Waals surface area contributed by atoms with Gasteiger partial charge in [-0.2, -0.15) is 5.26 Å². The number of aliphatic carboxylic acids is 1. The quantitative estimate of drug-likeness (QED) is 0.636. The highest BCUT2D eigenvalue weighted by molar-refractivity contribution is 5.71. The van der Waals surface area contributed by atoms with Crippen LogP contribution in [-0.2, 0) is 4.79 Å². The number of carboxylic acid groups (broad SMARTS) is 1. The van der Waals surface area contributed by atoms with Crippen LogP contribution in [0.5, 0.6) is 0 Å². The van der Waals surface area contributed by atoms with Gasteiger partial charge in [-0.25, -0.2) is 0 Å². The highest BCUT2D eigenvalue weighted by Gasteiger charge is 2.50. The predicted octanol–water partition coefficient (Wildman–Crippen LogP) is 1.26. The second-order valence-corrected chi connectivity index (χ2v) is 3.84. The number of carboxylic acids is 1. The van der Waals surface area contributed by atoms with Gasteiger partial charge in [-0.3, -0.25) is 4.79 Å². The molecule has 2 aliphatic rings. The molecule has 4 atom stereocenters. The fourth-order valence-corrected chi connectivity index (χ4v) is 2.82. The summed E-state index contributed by atoms with van der Waals surface area (Å²) in [6, 6.07) is 2.25. The molecule has 4 unspecified atom stereocenters. The molecule has 0 radical (unpaired) electrons. The van der Waals surface area contributed by atoms with Crippen LogP contribution in [0.4, 0.5) is 0 Å². The van der Waals surface area contributed by atoms with Crippen LogP contribution in [0.3, 0.4) is 0 Å². The zero-order chi connectivity index (χ0) is 8.72. The number of rotatable bonds is 1. The maximum absolute atomic E-state index is 10.7. The molecular weight excluding hydrogens is 154 g/mol. The van der Waals surface area contributed by atoms with Crippen LogP contribution in [0.2, 0.25) is 0 Å². The van der Waals surface area contributed by atoms with E-state index in [2.05, 4.69) is 6.07 Å². The fraction of sp³-hybridized carbons (Fsp3) is 0.778. The van der Waals surface area contributed by atoms with Gasteiger partial charge in [-0.15, -0.1) is 0 Å². The topological polar surface area (TPSA) is 61.1 Å². The molecule has 3 nitrogen and oxygen atoms in total. The van der Waals surface area contributed by atoms with Crippen molar-refractivity contribution in [1.29, 1.82) is 5.26 Å². The van der Waals surface area contributed by atoms with Crippen LogP contribution < -0.4 is 0 Å². The van der Waals surface area contributed by atoms with Gasteiger partial charge in [0.2, 0.25) is 0 Å². The molecule has 0 amide bonds. The second kappa shape index (κ2) is 2.48. The summed E-state index contributed by atoms with van der Waals surface area (Å²) in [7, 11) is 0. The molecule has 0 saturated heterocycles. The lowest BCUT2D eigenvalue weighted by Crippen LogP contribution is -2.21. The van der Waals surface area contributed by atoms with Crippen molar-refractivity contribution < 1.29 is 9.90 Å². The molecule has 0 aliphatic heterocycles. The third-order valence-electron chi connectivity index (χ3n) is 3.38. The molecule has 0 aromatic heterocycles. The van der Waals surface area contributed by atoms with Crippen LogP contribution >= 0.6 is 0 Å². The van der Waals surface area contributed by atoms with Crippen molar-refractivity contribution in [3.05, 3.63) is 0 Å². The summed E-state index contributed by atoms with van der Waals surface area (Å²) in [6.07, 6.45) is 2.74. The van der Waals surface area contributed by atoms with Gasteiger partial charge in [0.15, 0.2) is 0 Å². The number of nitrogens with zero attached hydrogens (tertiary/aromatic N) is 1. The van der Waals surface area contributed by atoms with Gasteiger partial charge in [0.1, 0.15) is 0 Å². The van der Waals surface area contributed by atoms with E-state index in [1.807, 2.05) is 0 Å². The van der Waals surface area contributed by atoms with Crippen molar-refractivity contribution in [3.8, 4) is 6.07 Å². The Kier molecular flexibility index (Phi) is 1.57. The molecule has 2 rings (SSSR count). The van der Waals surface area contributed by atoms with Crippen LogP contribution in [0.25, 0.3) is 0 Å². The summed E-state index contributed by atoms with van der Waals surface area (Å²) in [5, 5.41) is 17.6. The minimum absolute atomic E-state index is 0.0334. The maximum atomic E-state index is 10.7. The Balaban J connectivity index is 2.19. The Labute approximate surface area is 71.0 Å². The number of carbonyl (C=O) groups is 1. The molecule has 0 aromatic rings. The van der Waals surface area contributed by atoms with Crippen LogP contribution in [0.15, 0.2) is 0 Å². The third-order valence-corrected chi connectivity index (χ3v) is 3.38. The average Bonchev–Trinajstić information content (AvgIpc) is 2.59. The molecule has 0 aromatic carbocycles. The minimum Gasteiger partial charge on any atom is -0.481 e. The molecule has 12 heavy (non-hydrogen) atoms. The Morgan fingerprint density at radius 2 is 2.25 bits per heavy atom. The summed E-state index contributed by atoms with van der Waals surface area (Å²) >= 11 is 0. The largest absolute Gasteiger partial charge is 0.481 e. The molecular formula is C9H11NO2. The summed E-state index contributed by atoms with van der Waals surface area (Å²) in [4.78, 5) is 10.7.